The van der Waals surface area contributed by atoms with Crippen molar-refractivity contribution in [3.8, 4) is 0 Å². The second-order valence-electron chi connectivity index (χ2n) is 6.79. The van der Waals surface area contributed by atoms with Gasteiger partial charge in [-0.05, 0) is 37.5 Å². The van der Waals surface area contributed by atoms with Crippen molar-refractivity contribution in [2.24, 2.45) is 17.8 Å². The zero-order chi connectivity index (χ0) is 18.0. The Morgan fingerprint density at radius 1 is 1.00 bits per heavy atom. The standard InChI is InChI=1S/C18H21FN2O4/c19-14-7-6-11(20-17(23)12-9-13(12)18(24)25)8-15(14)21-16(22)10-4-2-1-3-5-10/h6-8,10,12-13H,1-5,9H2,(H,20,23)(H,21,22)(H,24,25). The third-order valence-electron chi connectivity index (χ3n) is 4.91. The fraction of sp³-hybridized carbons (Fsp3) is 0.500. The third-order valence-corrected chi connectivity index (χ3v) is 4.91. The fourth-order valence-electron chi connectivity index (χ4n) is 3.29. The molecule has 6 nitrogen and oxygen atoms in total. The molecule has 0 aliphatic heterocycles. The highest BCUT2D eigenvalue weighted by Gasteiger charge is 2.48. The monoisotopic (exact) mass is 348 g/mol. The zero-order valence-corrected chi connectivity index (χ0v) is 13.8. The van der Waals surface area contributed by atoms with E-state index in [1.165, 1.54) is 18.2 Å². The average molecular weight is 348 g/mol. The first-order chi connectivity index (χ1) is 12.0. The summed E-state index contributed by atoms with van der Waals surface area (Å²) >= 11 is 0. The molecule has 7 heteroatoms. The summed E-state index contributed by atoms with van der Waals surface area (Å²) in [5.41, 5.74) is 0.361. The second kappa shape index (κ2) is 7.21. The molecule has 2 unspecified atom stereocenters. The first-order valence-corrected chi connectivity index (χ1v) is 8.60. The molecule has 2 saturated carbocycles. The normalized spacial score (nSPS) is 22.9. The number of carbonyl (C=O) groups is 3. The van der Waals surface area contributed by atoms with Gasteiger partial charge in [0.05, 0.1) is 17.5 Å². The number of carboxylic acid groups (broad SMARTS) is 1. The van der Waals surface area contributed by atoms with Gasteiger partial charge in [-0.2, -0.15) is 0 Å². The highest BCUT2D eigenvalue weighted by molar-refractivity contribution is 5.99. The molecule has 0 bridgehead atoms. The molecule has 2 fully saturated rings. The molecule has 2 aliphatic carbocycles. The van der Waals surface area contributed by atoms with Gasteiger partial charge in [0.25, 0.3) is 0 Å². The van der Waals surface area contributed by atoms with Gasteiger partial charge in [0.15, 0.2) is 0 Å². The topological polar surface area (TPSA) is 95.5 Å². The summed E-state index contributed by atoms with van der Waals surface area (Å²) in [5, 5.41) is 14.1. The van der Waals surface area contributed by atoms with Crippen molar-refractivity contribution in [2.75, 3.05) is 10.6 Å². The number of halogens is 1. The van der Waals surface area contributed by atoms with Crippen LogP contribution in [0.1, 0.15) is 38.5 Å². The average Bonchev–Trinajstić information content (AvgIpc) is 3.40. The lowest BCUT2D eigenvalue weighted by Crippen LogP contribution is -2.25. The summed E-state index contributed by atoms with van der Waals surface area (Å²) in [7, 11) is 0. The fourth-order valence-corrected chi connectivity index (χ4v) is 3.29. The Morgan fingerprint density at radius 3 is 2.36 bits per heavy atom. The maximum atomic E-state index is 14.0. The summed E-state index contributed by atoms with van der Waals surface area (Å²) < 4.78 is 14.0. The third kappa shape index (κ3) is 4.15. The Balaban J connectivity index is 1.63. The number of nitrogens with one attached hydrogen (secondary N) is 2. The van der Waals surface area contributed by atoms with Crippen molar-refractivity contribution < 1.29 is 23.9 Å². The van der Waals surface area contributed by atoms with Gasteiger partial charge in [0.2, 0.25) is 11.8 Å². The van der Waals surface area contributed by atoms with Crippen LogP contribution in [0.25, 0.3) is 0 Å². The van der Waals surface area contributed by atoms with E-state index in [0.29, 0.717) is 12.1 Å². The Bertz CT molecular complexity index is 700. The molecular formula is C18H21FN2O4. The predicted octanol–water partition coefficient (Wildman–Crippen LogP) is 3.00. The molecule has 1 aromatic rings. The molecule has 3 N–H and O–H groups in total. The van der Waals surface area contributed by atoms with E-state index in [0.717, 1.165) is 32.1 Å². The SMILES string of the molecule is O=C(Nc1cc(NC(=O)C2CC2C(=O)O)ccc1F)C1CCCCC1. The number of carbonyl (C=O) groups excluding carboxylic acids is 2. The van der Waals surface area contributed by atoms with E-state index in [1.54, 1.807) is 0 Å². The van der Waals surface area contributed by atoms with E-state index < -0.39 is 29.5 Å². The van der Waals surface area contributed by atoms with Gasteiger partial charge in [0.1, 0.15) is 5.82 Å². The van der Waals surface area contributed by atoms with Crippen LogP contribution in [0.2, 0.25) is 0 Å². The van der Waals surface area contributed by atoms with E-state index in [-0.39, 0.29) is 17.5 Å². The Kier molecular flexibility index (Phi) is 5.01. The van der Waals surface area contributed by atoms with E-state index in [2.05, 4.69) is 10.6 Å². The minimum atomic E-state index is -0.986. The van der Waals surface area contributed by atoms with Gasteiger partial charge in [0, 0.05) is 11.6 Å². The number of hydrogen-bond donors (Lipinski definition) is 3. The molecule has 1 aromatic carbocycles. The van der Waals surface area contributed by atoms with Gasteiger partial charge in [-0.15, -0.1) is 0 Å². The number of anilines is 2. The molecule has 0 spiro atoms. The van der Waals surface area contributed by atoms with Crippen LogP contribution in [-0.2, 0) is 14.4 Å². The molecule has 0 radical (unpaired) electrons. The maximum Gasteiger partial charge on any atom is 0.307 e. The van der Waals surface area contributed by atoms with E-state index >= 15 is 0 Å². The van der Waals surface area contributed by atoms with Gasteiger partial charge in [-0.3, -0.25) is 14.4 Å². The summed E-state index contributed by atoms with van der Waals surface area (Å²) in [4.78, 5) is 35.1. The van der Waals surface area contributed by atoms with E-state index in [9.17, 15) is 18.8 Å². The maximum absolute atomic E-state index is 14.0. The van der Waals surface area contributed by atoms with Crippen molar-refractivity contribution in [2.45, 2.75) is 38.5 Å². The molecule has 2 atom stereocenters. The Morgan fingerprint density at radius 2 is 1.72 bits per heavy atom. The first kappa shape index (κ1) is 17.4. The molecule has 0 heterocycles. The molecule has 2 amide bonds. The van der Waals surface area contributed by atoms with Crippen LogP contribution in [0.5, 0.6) is 0 Å². The van der Waals surface area contributed by atoms with Crippen molar-refractivity contribution >= 4 is 29.2 Å². The minimum Gasteiger partial charge on any atom is -0.481 e. The Labute approximate surface area is 144 Å². The largest absolute Gasteiger partial charge is 0.481 e. The van der Waals surface area contributed by atoms with Crippen molar-refractivity contribution in [3.05, 3.63) is 24.0 Å². The minimum absolute atomic E-state index is 0.0268. The molecular weight excluding hydrogens is 327 g/mol. The number of carboxylic acids is 1. The lowest BCUT2D eigenvalue weighted by Gasteiger charge is -2.21. The lowest BCUT2D eigenvalue weighted by molar-refractivity contribution is -0.139. The lowest BCUT2D eigenvalue weighted by atomic mass is 9.88. The summed E-state index contributed by atoms with van der Waals surface area (Å²) in [6.45, 7) is 0. The van der Waals surface area contributed by atoms with Crippen LogP contribution < -0.4 is 10.6 Å². The smallest absolute Gasteiger partial charge is 0.307 e. The number of amides is 2. The van der Waals surface area contributed by atoms with Crippen LogP contribution in [0.4, 0.5) is 15.8 Å². The van der Waals surface area contributed by atoms with Crippen LogP contribution in [0, 0.1) is 23.6 Å². The summed E-state index contributed by atoms with van der Waals surface area (Å²) in [6, 6.07) is 3.93. The van der Waals surface area contributed by atoms with Crippen LogP contribution in [0.3, 0.4) is 0 Å². The number of rotatable bonds is 5. The van der Waals surface area contributed by atoms with Gasteiger partial charge >= 0.3 is 5.97 Å². The summed E-state index contributed by atoms with van der Waals surface area (Å²) in [5.74, 6) is -3.46. The van der Waals surface area contributed by atoms with E-state index in [4.69, 9.17) is 5.11 Å². The number of benzene rings is 1. The van der Waals surface area contributed by atoms with E-state index in [1.807, 2.05) is 0 Å². The number of hydrogen-bond acceptors (Lipinski definition) is 3. The zero-order valence-electron chi connectivity index (χ0n) is 13.8. The van der Waals surface area contributed by atoms with Crippen LogP contribution in [0.15, 0.2) is 18.2 Å². The highest BCUT2D eigenvalue weighted by atomic mass is 19.1. The highest BCUT2D eigenvalue weighted by Crippen LogP contribution is 2.39. The predicted molar refractivity (Wildman–Crippen MR) is 89.5 cm³/mol. The molecule has 0 aromatic heterocycles. The second-order valence-corrected chi connectivity index (χ2v) is 6.79. The molecule has 3 rings (SSSR count). The molecule has 2 aliphatic rings. The van der Waals surface area contributed by atoms with Crippen LogP contribution >= 0.6 is 0 Å². The Hall–Kier alpha value is -2.44. The first-order valence-electron chi connectivity index (χ1n) is 8.60. The van der Waals surface area contributed by atoms with Crippen molar-refractivity contribution in [1.82, 2.24) is 0 Å². The van der Waals surface area contributed by atoms with Crippen LogP contribution in [-0.4, -0.2) is 22.9 Å². The quantitative estimate of drug-likeness (QED) is 0.762. The van der Waals surface area contributed by atoms with Crippen molar-refractivity contribution in [3.63, 3.8) is 0 Å². The molecule has 134 valence electrons. The van der Waals surface area contributed by atoms with Gasteiger partial charge < -0.3 is 15.7 Å². The van der Waals surface area contributed by atoms with Gasteiger partial charge in [-0.1, -0.05) is 19.3 Å². The number of aliphatic carboxylic acids is 1. The summed E-state index contributed by atoms with van der Waals surface area (Å²) in [6.07, 6.45) is 5.06. The van der Waals surface area contributed by atoms with Gasteiger partial charge in [-0.25, -0.2) is 4.39 Å². The van der Waals surface area contributed by atoms with Crippen molar-refractivity contribution in [1.29, 1.82) is 0 Å². The molecule has 0 saturated heterocycles. The molecule has 25 heavy (non-hydrogen) atoms.